The number of hydrogen-bond donors (Lipinski definition) is 1. The van der Waals surface area contributed by atoms with Gasteiger partial charge in [0.1, 0.15) is 5.76 Å². The molecule has 0 aliphatic carbocycles. The molecule has 1 unspecified atom stereocenters. The average Bonchev–Trinajstić information content (AvgIpc) is 2.98. The van der Waals surface area contributed by atoms with Crippen molar-refractivity contribution in [3.05, 3.63) is 64.1 Å². The van der Waals surface area contributed by atoms with E-state index in [1.165, 1.54) is 0 Å². The monoisotopic (exact) mass is 274 g/mol. The Hall–Kier alpha value is -2.14. The van der Waals surface area contributed by atoms with E-state index in [1.54, 1.807) is 30.5 Å². The molecule has 5 nitrogen and oxygen atoms in total. The number of benzene rings is 1. The molecule has 1 aromatic carbocycles. The zero-order valence-electron chi connectivity index (χ0n) is 11.4. The van der Waals surface area contributed by atoms with Crippen molar-refractivity contribution in [2.24, 2.45) is 0 Å². The molecule has 1 atom stereocenters. The van der Waals surface area contributed by atoms with Gasteiger partial charge in [-0.05, 0) is 37.1 Å². The Bertz CT molecular complexity index is 535. The molecule has 0 aliphatic heterocycles. The SMILES string of the molecule is CCC(NCCc1ccc([N+](=O)[O-])cc1)c1ccco1. The molecule has 0 spiro atoms. The van der Waals surface area contributed by atoms with Crippen LogP contribution in [0.3, 0.4) is 0 Å². The predicted molar refractivity (Wildman–Crippen MR) is 76.5 cm³/mol. The lowest BCUT2D eigenvalue weighted by Crippen LogP contribution is -2.22. The van der Waals surface area contributed by atoms with Crippen molar-refractivity contribution in [3.63, 3.8) is 0 Å². The Morgan fingerprint density at radius 2 is 2.05 bits per heavy atom. The minimum absolute atomic E-state index is 0.128. The number of nitrogens with one attached hydrogen (secondary N) is 1. The van der Waals surface area contributed by atoms with Gasteiger partial charge in [-0.3, -0.25) is 10.1 Å². The van der Waals surface area contributed by atoms with E-state index in [1.807, 2.05) is 12.1 Å². The zero-order valence-corrected chi connectivity index (χ0v) is 11.4. The third kappa shape index (κ3) is 3.68. The molecule has 0 fully saturated rings. The normalized spacial score (nSPS) is 12.2. The van der Waals surface area contributed by atoms with Crippen LogP contribution in [-0.4, -0.2) is 11.5 Å². The second-order valence-electron chi connectivity index (χ2n) is 4.60. The first-order chi connectivity index (χ1) is 9.70. The van der Waals surface area contributed by atoms with Crippen molar-refractivity contribution in [2.45, 2.75) is 25.8 Å². The molecule has 5 heteroatoms. The predicted octanol–water partition coefficient (Wildman–Crippen LogP) is 3.47. The van der Waals surface area contributed by atoms with Crippen molar-refractivity contribution >= 4 is 5.69 Å². The summed E-state index contributed by atoms with van der Waals surface area (Å²) in [5.41, 5.74) is 1.21. The van der Waals surface area contributed by atoms with Gasteiger partial charge in [0.25, 0.3) is 5.69 Å². The first-order valence-corrected chi connectivity index (χ1v) is 6.71. The van der Waals surface area contributed by atoms with Gasteiger partial charge in [0.15, 0.2) is 0 Å². The number of nitro groups is 1. The highest BCUT2D eigenvalue weighted by molar-refractivity contribution is 5.32. The van der Waals surface area contributed by atoms with Gasteiger partial charge in [-0.25, -0.2) is 0 Å². The van der Waals surface area contributed by atoms with Gasteiger partial charge in [-0.2, -0.15) is 0 Å². The fraction of sp³-hybridized carbons (Fsp3) is 0.333. The molecule has 1 heterocycles. The lowest BCUT2D eigenvalue weighted by atomic mass is 10.1. The summed E-state index contributed by atoms with van der Waals surface area (Å²) in [5.74, 6) is 0.941. The summed E-state index contributed by atoms with van der Waals surface area (Å²) in [6.45, 7) is 2.91. The number of nitro benzene ring substituents is 1. The summed E-state index contributed by atoms with van der Waals surface area (Å²) in [6, 6.07) is 10.7. The average molecular weight is 274 g/mol. The molecular formula is C15H18N2O3. The summed E-state index contributed by atoms with van der Waals surface area (Å²) in [5, 5.41) is 14.0. The Balaban J connectivity index is 1.84. The van der Waals surface area contributed by atoms with Crippen molar-refractivity contribution < 1.29 is 9.34 Å². The number of non-ortho nitro benzene ring substituents is 1. The van der Waals surface area contributed by atoms with E-state index in [4.69, 9.17) is 4.42 Å². The van der Waals surface area contributed by atoms with Crippen LogP contribution in [-0.2, 0) is 6.42 Å². The molecule has 0 radical (unpaired) electrons. The highest BCUT2D eigenvalue weighted by Crippen LogP contribution is 2.17. The maximum atomic E-state index is 10.6. The second-order valence-corrected chi connectivity index (χ2v) is 4.60. The van der Waals surface area contributed by atoms with Crippen LogP contribution in [0.1, 0.15) is 30.7 Å². The van der Waals surface area contributed by atoms with Crippen LogP contribution in [0.15, 0.2) is 47.1 Å². The van der Waals surface area contributed by atoms with Crippen molar-refractivity contribution in [2.75, 3.05) is 6.54 Å². The molecule has 0 saturated heterocycles. The highest BCUT2D eigenvalue weighted by atomic mass is 16.6. The maximum Gasteiger partial charge on any atom is 0.269 e. The Morgan fingerprint density at radius 3 is 2.60 bits per heavy atom. The van der Waals surface area contributed by atoms with Crippen LogP contribution in [0.5, 0.6) is 0 Å². The Kier molecular flexibility index (Phi) is 4.90. The van der Waals surface area contributed by atoms with Crippen LogP contribution < -0.4 is 5.32 Å². The molecule has 0 saturated carbocycles. The number of rotatable bonds is 7. The third-order valence-electron chi connectivity index (χ3n) is 3.25. The summed E-state index contributed by atoms with van der Waals surface area (Å²) >= 11 is 0. The second kappa shape index (κ2) is 6.86. The molecule has 106 valence electrons. The zero-order chi connectivity index (χ0) is 14.4. The van der Waals surface area contributed by atoms with Crippen LogP contribution in [0.4, 0.5) is 5.69 Å². The quantitative estimate of drug-likeness (QED) is 0.620. The van der Waals surface area contributed by atoms with Crippen LogP contribution in [0, 0.1) is 10.1 Å². The molecule has 1 aromatic heterocycles. The summed E-state index contributed by atoms with van der Waals surface area (Å²) in [4.78, 5) is 10.2. The van der Waals surface area contributed by atoms with Gasteiger partial charge < -0.3 is 9.73 Å². The van der Waals surface area contributed by atoms with Gasteiger partial charge in [0.2, 0.25) is 0 Å². The fourth-order valence-electron chi connectivity index (χ4n) is 2.11. The molecule has 0 amide bonds. The van der Waals surface area contributed by atoms with E-state index in [2.05, 4.69) is 12.2 Å². The largest absolute Gasteiger partial charge is 0.468 e. The minimum Gasteiger partial charge on any atom is -0.468 e. The van der Waals surface area contributed by atoms with Gasteiger partial charge in [-0.15, -0.1) is 0 Å². The van der Waals surface area contributed by atoms with Crippen LogP contribution in [0.25, 0.3) is 0 Å². The van der Waals surface area contributed by atoms with Gasteiger partial charge in [0, 0.05) is 12.1 Å². The van der Waals surface area contributed by atoms with Crippen LogP contribution >= 0.6 is 0 Å². The van der Waals surface area contributed by atoms with E-state index in [9.17, 15) is 10.1 Å². The van der Waals surface area contributed by atoms with Gasteiger partial charge in [0.05, 0.1) is 17.2 Å². The maximum absolute atomic E-state index is 10.6. The molecule has 2 rings (SSSR count). The minimum atomic E-state index is -0.383. The van der Waals surface area contributed by atoms with Crippen molar-refractivity contribution in [1.29, 1.82) is 0 Å². The fourth-order valence-corrected chi connectivity index (χ4v) is 2.11. The highest BCUT2D eigenvalue weighted by Gasteiger charge is 2.11. The van der Waals surface area contributed by atoms with E-state index in [0.29, 0.717) is 0 Å². The molecule has 0 aliphatic rings. The smallest absolute Gasteiger partial charge is 0.269 e. The lowest BCUT2D eigenvalue weighted by Gasteiger charge is -2.14. The van der Waals surface area contributed by atoms with E-state index in [-0.39, 0.29) is 16.7 Å². The Morgan fingerprint density at radius 1 is 1.30 bits per heavy atom. The molecule has 1 N–H and O–H groups in total. The van der Waals surface area contributed by atoms with Crippen molar-refractivity contribution in [3.8, 4) is 0 Å². The number of furan rings is 1. The first-order valence-electron chi connectivity index (χ1n) is 6.71. The van der Waals surface area contributed by atoms with Gasteiger partial charge >= 0.3 is 0 Å². The molecule has 20 heavy (non-hydrogen) atoms. The van der Waals surface area contributed by atoms with E-state index < -0.39 is 0 Å². The third-order valence-corrected chi connectivity index (χ3v) is 3.25. The molecule has 2 aromatic rings. The standard InChI is InChI=1S/C15H18N2O3/c1-2-14(15-4-3-11-20-15)16-10-9-12-5-7-13(8-6-12)17(18)19/h3-8,11,14,16H,2,9-10H2,1H3. The first kappa shape index (κ1) is 14.3. The number of nitrogens with zero attached hydrogens (tertiary/aromatic N) is 1. The van der Waals surface area contributed by atoms with E-state index >= 15 is 0 Å². The van der Waals surface area contributed by atoms with Crippen LogP contribution in [0.2, 0.25) is 0 Å². The van der Waals surface area contributed by atoms with E-state index in [0.717, 1.165) is 30.7 Å². The lowest BCUT2D eigenvalue weighted by molar-refractivity contribution is -0.384. The molecule has 0 bridgehead atoms. The Labute approximate surface area is 117 Å². The van der Waals surface area contributed by atoms with Gasteiger partial charge in [-0.1, -0.05) is 19.1 Å². The molecular weight excluding hydrogens is 256 g/mol. The topological polar surface area (TPSA) is 68.3 Å². The number of hydrogen-bond acceptors (Lipinski definition) is 4. The summed E-state index contributed by atoms with van der Waals surface area (Å²) < 4.78 is 5.39. The summed E-state index contributed by atoms with van der Waals surface area (Å²) in [7, 11) is 0. The van der Waals surface area contributed by atoms with Crippen molar-refractivity contribution in [1.82, 2.24) is 5.32 Å². The summed E-state index contributed by atoms with van der Waals surface area (Å²) in [6.07, 6.45) is 3.46.